The quantitative estimate of drug-likeness (QED) is 0.530. The van der Waals surface area contributed by atoms with Gasteiger partial charge in [0, 0.05) is 19.1 Å². The highest BCUT2D eigenvalue weighted by molar-refractivity contribution is 5.74. The molecule has 2 amide bonds. The van der Waals surface area contributed by atoms with Crippen molar-refractivity contribution in [2.24, 2.45) is 5.92 Å². The number of aliphatic hydroxyl groups is 1. The number of carboxylic acid groups (broad SMARTS) is 1. The molecule has 2 unspecified atom stereocenters. The third kappa shape index (κ3) is 7.78. The van der Waals surface area contributed by atoms with Crippen LogP contribution in [0.25, 0.3) is 0 Å². The second kappa shape index (κ2) is 10.3. The van der Waals surface area contributed by atoms with Gasteiger partial charge in [0.1, 0.15) is 0 Å². The maximum absolute atomic E-state index is 11.9. The maximum Gasteiger partial charge on any atom is 0.317 e. The minimum atomic E-state index is -0.790. The fourth-order valence-electron chi connectivity index (χ4n) is 1.78. The molecule has 0 rings (SSSR count). The van der Waals surface area contributed by atoms with Crippen LogP contribution in [0.1, 0.15) is 33.1 Å². The van der Waals surface area contributed by atoms with Crippen molar-refractivity contribution in [3.8, 4) is 0 Å². The zero-order chi connectivity index (χ0) is 15.5. The standard InChI is InChI=1S/C14H26N2O4/c1-4-8-16(9-10-17)14(20)15-12(3)7-5-6-11(2)13(18)19/h4,11-12,17H,1,5-10H2,2-3H3,(H,15,20)(H,18,19). The first kappa shape index (κ1) is 18.4. The lowest BCUT2D eigenvalue weighted by Crippen LogP contribution is -2.45. The van der Waals surface area contributed by atoms with E-state index in [0.29, 0.717) is 13.0 Å². The van der Waals surface area contributed by atoms with E-state index in [0.717, 1.165) is 12.8 Å². The van der Waals surface area contributed by atoms with E-state index in [2.05, 4.69) is 11.9 Å². The first-order chi connectivity index (χ1) is 9.42. The van der Waals surface area contributed by atoms with E-state index in [9.17, 15) is 9.59 Å². The van der Waals surface area contributed by atoms with Gasteiger partial charge in [-0.05, 0) is 19.8 Å². The zero-order valence-corrected chi connectivity index (χ0v) is 12.3. The summed E-state index contributed by atoms with van der Waals surface area (Å²) in [5.74, 6) is -1.15. The van der Waals surface area contributed by atoms with E-state index < -0.39 is 5.97 Å². The summed E-state index contributed by atoms with van der Waals surface area (Å²) in [5, 5.41) is 20.5. The van der Waals surface area contributed by atoms with Crippen LogP contribution in [0.15, 0.2) is 12.7 Å². The van der Waals surface area contributed by atoms with E-state index in [1.165, 1.54) is 4.90 Å². The molecule has 6 heteroatoms. The zero-order valence-electron chi connectivity index (χ0n) is 12.3. The van der Waals surface area contributed by atoms with Gasteiger partial charge in [-0.15, -0.1) is 6.58 Å². The van der Waals surface area contributed by atoms with Crippen LogP contribution >= 0.6 is 0 Å². The Morgan fingerprint density at radius 3 is 2.50 bits per heavy atom. The van der Waals surface area contributed by atoms with Crippen molar-refractivity contribution >= 4 is 12.0 Å². The van der Waals surface area contributed by atoms with Gasteiger partial charge in [-0.2, -0.15) is 0 Å². The van der Waals surface area contributed by atoms with E-state index in [4.69, 9.17) is 10.2 Å². The number of aliphatic hydroxyl groups excluding tert-OH is 1. The predicted molar refractivity (Wildman–Crippen MR) is 77.5 cm³/mol. The lowest BCUT2D eigenvalue weighted by molar-refractivity contribution is -0.141. The number of nitrogens with one attached hydrogen (secondary N) is 1. The summed E-state index contributed by atoms with van der Waals surface area (Å²) in [4.78, 5) is 24.1. The van der Waals surface area contributed by atoms with Crippen molar-refractivity contribution < 1.29 is 19.8 Å². The van der Waals surface area contributed by atoms with E-state index in [-0.39, 0.29) is 31.1 Å². The van der Waals surface area contributed by atoms with Gasteiger partial charge in [0.2, 0.25) is 0 Å². The summed E-state index contributed by atoms with van der Waals surface area (Å²) in [6, 6.07) is -0.271. The summed E-state index contributed by atoms with van der Waals surface area (Å²) in [7, 11) is 0. The number of urea groups is 1. The first-order valence-corrected chi connectivity index (χ1v) is 6.92. The Balaban J connectivity index is 4.04. The van der Waals surface area contributed by atoms with Crippen molar-refractivity contribution in [2.45, 2.75) is 39.2 Å². The van der Waals surface area contributed by atoms with Crippen molar-refractivity contribution in [1.82, 2.24) is 10.2 Å². The molecular weight excluding hydrogens is 260 g/mol. The molecule has 2 atom stereocenters. The molecule has 0 aliphatic carbocycles. The van der Waals surface area contributed by atoms with Crippen LogP contribution in [0, 0.1) is 5.92 Å². The number of hydrogen-bond donors (Lipinski definition) is 3. The Hall–Kier alpha value is -1.56. The average molecular weight is 286 g/mol. The van der Waals surface area contributed by atoms with E-state index >= 15 is 0 Å². The van der Waals surface area contributed by atoms with Gasteiger partial charge in [-0.3, -0.25) is 4.79 Å². The molecule has 0 fully saturated rings. The molecule has 0 bridgehead atoms. The third-order valence-electron chi connectivity index (χ3n) is 3.07. The smallest absolute Gasteiger partial charge is 0.317 e. The number of nitrogens with zero attached hydrogens (tertiary/aromatic N) is 1. The second-order valence-corrected chi connectivity index (χ2v) is 4.98. The molecule has 0 radical (unpaired) electrons. The van der Waals surface area contributed by atoms with Crippen LogP contribution < -0.4 is 5.32 Å². The molecule has 0 aromatic heterocycles. The van der Waals surface area contributed by atoms with Gasteiger partial charge in [0.15, 0.2) is 0 Å². The Morgan fingerprint density at radius 1 is 1.35 bits per heavy atom. The summed E-state index contributed by atoms with van der Waals surface area (Å²) < 4.78 is 0. The molecule has 0 aromatic carbocycles. The number of carboxylic acids is 1. The number of amides is 2. The highest BCUT2D eigenvalue weighted by Crippen LogP contribution is 2.09. The summed E-state index contributed by atoms with van der Waals surface area (Å²) in [5.41, 5.74) is 0. The lowest BCUT2D eigenvalue weighted by Gasteiger charge is -2.23. The number of hydrogen-bond acceptors (Lipinski definition) is 3. The van der Waals surface area contributed by atoms with Crippen molar-refractivity contribution in [1.29, 1.82) is 0 Å². The average Bonchev–Trinajstić information content (AvgIpc) is 2.38. The van der Waals surface area contributed by atoms with Gasteiger partial charge < -0.3 is 20.4 Å². The number of aliphatic carboxylic acids is 1. The van der Waals surface area contributed by atoms with Crippen LogP contribution in [0.3, 0.4) is 0 Å². The fourth-order valence-corrected chi connectivity index (χ4v) is 1.78. The number of carbonyl (C=O) groups excluding carboxylic acids is 1. The summed E-state index contributed by atoms with van der Waals surface area (Å²) >= 11 is 0. The summed E-state index contributed by atoms with van der Waals surface area (Å²) in [6.07, 6.45) is 3.68. The van der Waals surface area contributed by atoms with Crippen LogP contribution in [0.5, 0.6) is 0 Å². The Kier molecular flexibility index (Phi) is 9.45. The monoisotopic (exact) mass is 286 g/mol. The topological polar surface area (TPSA) is 89.9 Å². The van der Waals surface area contributed by atoms with Crippen LogP contribution in [0.2, 0.25) is 0 Å². The predicted octanol–water partition coefficient (Wildman–Crippen LogP) is 1.46. The molecule has 0 spiro atoms. The van der Waals surface area contributed by atoms with Crippen molar-refractivity contribution in [3.05, 3.63) is 12.7 Å². The molecule has 3 N–H and O–H groups in total. The van der Waals surface area contributed by atoms with Crippen LogP contribution in [0.4, 0.5) is 4.79 Å². The first-order valence-electron chi connectivity index (χ1n) is 6.92. The molecule has 0 aromatic rings. The molecule has 116 valence electrons. The number of rotatable bonds is 10. The molecule has 0 saturated heterocycles. The fraction of sp³-hybridized carbons (Fsp3) is 0.714. The molecule has 0 aliphatic heterocycles. The van der Waals surface area contributed by atoms with Gasteiger partial charge in [0.25, 0.3) is 0 Å². The normalized spacial score (nSPS) is 13.3. The van der Waals surface area contributed by atoms with Gasteiger partial charge in [0.05, 0.1) is 12.5 Å². The highest BCUT2D eigenvalue weighted by Gasteiger charge is 2.15. The largest absolute Gasteiger partial charge is 0.481 e. The van der Waals surface area contributed by atoms with Crippen LogP contribution in [-0.2, 0) is 4.79 Å². The van der Waals surface area contributed by atoms with E-state index in [1.807, 2.05) is 6.92 Å². The Bertz CT molecular complexity index is 320. The molecular formula is C14H26N2O4. The molecule has 0 aliphatic rings. The Morgan fingerprint density at radius 2 is 2.00 bits per heavy atom. The van der Waals surface area contributed by atoms with Gasteiger partial charge >= 0.3 is 12.0 Å². The molecule has 20 heavy (non-hydrogen) atoms. The van der Waals surface area contributed by atoms with Crippen LogP contribution in [-0.4, -0.2) is 52.9 Å². The van der Waals surface area contributed by atoms with Crippen molar-refractivity contribution in [2.75, 3.05) is 19.7 Å². The third-order valence-corrected chi connectivity index (χ3v) is 3.07. The van der Waals surface area contributed by atoms with Gasteiger partial charge in [-0.25, -0.2) is 4.79 Å². The Labute approximate surface area is 120 Å². The maximum atomic E-state index is 11.9. The molecule has 0 heterocycles. The van der Waals surface area contributed by atoms with Gasteiger partial charge in [-0.1, -0.05) is 19.4 Å². The number of carbonyl (C=O) groups is 2. The SMILES string of the molecule is C=CCN(CCO)C(=O)NC(C)CCCC(C)C(=O)O. The summed E-state index contributed by atoms with van der Waals surface area (Å²) in [6.45, 7) is 7.69. The van der Waals surface area contributed by atoms with E-state index in [1.54, 1.807) is 13.0 Å². The molecule has 0 saturated carbocycles. The van der Waals surface area contributed by atoms with Crippen molar-refractivity contribution in [3.63, 3.8) is 0 Å². The lowest BCUT2D eigenvalue weighted by atomic mass is 10.0. The minimum Gasteiger partial charge on any atom is -0.481 e. The minimum absolute atomic E-state index is 0.0329. The molecule has 6 nitrogen and oxygen atoms in total. The second-order valence-electron chi connectivity index (χ2n) is 4.98. The highest BCUT2D eigenvalue weighted by atomic mass is 16.4.